The summed E-state index contributed by atoms with van der Waals surface area (Å²) in [6.07, 6.45) is 2.01. The second-order valence-electron chi connectivity index (χ2n) is 8.14. The van der Waals surface area contributed by atoms with E-state index in [-0.39, 0.29) is 40.0 Å². The Morgan fingerprint density at radius 3 is 2.12 bits per heavy atom. The zero-order valence-corrected chi connectivity index (χ0v) is 21.3. The highest BCUT2D eigenvalue weighted by Gasteiger charge is 2.29. The van der Waals surface area contributed by atoms with Crippen molar-refractivity contribution in [1.29, 1.82) is 0 Å². The predicted octanol–water partition coefficient (Wildman–Crippen LogP) is 5.36. The van der Waals surface area contributed by atoms with Crippen LogP contribution in [0.15, 0.2) is 83.8 Å². The molecule has 8 heteroatoms. The number of halogens is 2. The Balaban J connectivity index is 1.72. The second-order valence-corrected chi connectivity index (χ2v) is 10.9. The maximum atomic E-state index is 13.5. The molecule has 1 amide bonds. The van der Waals surface area contributed by atoms with Crippen molar-refractivity contribution in [2.75, 3.05) is 13.1 Å². The first-order chi connectivity index (χ1) is 16.3. The number of sulfonamides is 1. The lowest BCUT2D eigenvalue weighted by molar-refractivity contribution is -0.121. The Morgan fingerprint density at radius 1 is 0.912 bits per heavy atom. The van der Waals surface area contributed by atoms with Gasteiger partial charge in [-0.1, -0.05) is 83.9 Å². The number of nitrogens with zero attached hydrogens (tertiary/aromatic N) is 1. The van der Waals surface area contributed by atoms with Gasteiger partial charge >= 0.3 is 0 Å². The molecule has 3 rings (SSSR count). The van der Waals surface area contributed by atoms with Gasteiger partial charge in [0.1, 0.15) is 4.90 Å². The molecule has 0 radical (unpaired) electrons. The number of rotatable bonds is 11. The van der Waals surface area contributed by atoms with Crippen molar-refractivity contribution in [3.8, 4) is 0 Å². The highest BCUT2D eigenvalue weighted by molar-refractivity contribution is 7.89. The van der Waals surface area contributed by atoms with Crippen LogP contribution in [0.4, 0.5) is 0 Å². The third-order valence-electron chi connectivity index (χ3n) is 5.44. The third-order valence-corrected chi connectivity index (χ3v) is 8.00. The fraction of sp³-hybridized carbons (Fsp3) is 0.269. The summed E-state index contributed by atoms with van der Waals surface area (Å²) < 4.78 is 28.1. The smallest absolute Gasteiger partial charge is 0.245 e. The molecule has 0 fully saturated rings. The van der Waals surface area contributed by atoms with E-state index < -0.39 is 10.0 Å². The van der Waals surface area contributed by atoms with E-state index in [2.05, 4.69) is 5.32 Å². The number of hydrogen-bond donors (Lipinski definition) is 1. The number of benzene rings is 3. The predicted molar refractivity (Wildman–Crippen MR) is 138 cm³/mol. The van der Waals surface area contributed by atoms with Crippen LogP contribution in [-0.4, -0.2) is 37.8 Å². The van der Waals surface area contributed by atoms with Gasteiger partial charge in [-0.15, -0.1) is 0 Å². The Labute approximate surface area is 211 Å². The summed E-state index contributed by atoms with van der Waals surface area (Å²) in [4.78, 5) is 12.7. The standard InChI is InChI=1S/C26H28Cl2N2O3S/c1-20(12-13-21-8-4-2-5-9-21)29-26(31)19-30(17-16-22-10-6-3-7-11-22)34(32,33)25-18-23(27)14-15-24(25)28/h2-11,14-15,18,20H,12-13,16-17,19H2,1H3,(H,29,31)/t20-/m1/s1. The molecule has 34 heavy (non-hydrogen) atoms. The van der Waals surface area contributed by atoms with Gasteiger partial charge in [0.25, 0.3) is 0 Å². The van der Waals surface area contributed by atoms with Gasteiger partial charge in [-0.05, 0) is 55.5 Å². The van der Waals surface area contributed by atoms with Crippen LogP contribution in [0, 0.1) is 0 Å². The number of nitrogens with one attached hydrogen (secondary N) is 1. The fourth-order valence-corrected chi connectivity index (χ4v) is 5.71. The molecular formula is C26H28Cl2N2O3S. The summed E-state index contributed by atoms with van der Waals surface area (Å²) in [5, 5.41) is 3.24. The lowest BCUT2D eigenvalue weighted by Gasteiger charge is -2.24. The van der Waals surface area contributed by atoms with Gasteiger partial charge in [0.05, 0.1) is 11.6 Å². The molecule has 0 bridgehead atoms. The van der Waals surface area contributed by atoms with E-state index >= 15 is 0 Å². The van der Waals surface area contributed by atoms with E-state index in [0.29, 0.717) is 6.42 Å². The number of carbonyl (C=O) groups excluding carboxylic acids is 1. The highest BCUT2D eigenvalue weighted by Crippen LogP contribution is 2.28. The topological polar surface area (TPSA) is 66.5 Å². The first kappa shape index (κ1) is 26.2. The largest absolute Gasteiger partial charge is 0.352 e. The average Bonchev–Trinajstić information content (AvgIpc) is 2.83. The maximum absolute atomic E-state index is 13.5. The van der Waals surface area contributed by atoms with E-state index in [1.807, 2.05) is 67.6 Å². The number of amides is 1. The van der Waals surface area contributed by atoms with Gasteiger partial charge in [0.15, 0.2) is 0 Å². The van der Waals surface area contributed by atoms with E-state index in [9.17, 15) is 13.2 Å². The minimum absolute atomic E-state index is 0.0609. The Bertz CT molecular complexity index is 1190. The first-order valence-corrected chi connectivity index (χ1v) is 13.3. The average molecular weight is 519 g/mol. The van der Waals surface area contributed by atoms with Gasteiger partial charge in [0.2, 0.25) is 15.9 Å². The number of hydrogen-bond acceptors (Lipinski definition) is 3. The molecular weight excluding hydrogens is 491 g/mol. The molecule has 1 atom stereocenters. The summed E-state index contributed by atoms with van der Waals surface area (Å²) in [6, 6.07) is 23.7. The minimum atomic E-state index is -4.05. The van der Waals surface area contributed by atoms with Crippen LogP contribution in [0.2, 0.25) is 10.0 Å². The summed E-state index contributed by atoms with van der Waals surface area (Å²) in [7, 11) is -4.05. The van der Waals surface area contributed by atoms with E-state index in [1.54, 1.807) is 0 Å². The summed E-state index contributed by atoms with van der Waals surface area (Å²) in [5.74, 6) is -0.365. The lowest BCUT2D eigenvalue weighted by atomic mass is 10.1. The molecule has 0 aliphatic heterocycles. The molecule has 3 aromatic rings. The van der Waals surface area contributed by atoms with Crippen molar-refractivity contribution in [3.05, 3.63) is 100 Å². The van der Waals surface area contributed by atoms with Gasteiger partial charge in [-0.3, -0.25) is 4.79 Å². The monoisotopic (exact) mass is 518 g/mol. The van der Waals surface area contributed by atoms with Crippen LogP contribution in [-0.2, 0) is 27.7 Å². The Morgan fingerprint density at radius 2 is 1.50 bits per heavy atom. The third kappa shape index (κ3) is 7.57. The molecule has 0 saturated heterocycles. The van der Waals surface area contributed by atoms with Crippen LogP contribution < -0.4 is 5.32 Å². The van der Waals surface area contributed by atoms with Crippen molar-refractivity contribution in [3.63, 3.8) is 0 Å². The summed E-state index contributed by atoms with van der Waals surface area (Å²) >= 11 is 12.2. The highest BCUT2D eigenvalue weighted by atomic mass is 35.5. The van der Waals surface area contributed by atoms with Gasteiger partial charge in [-0.2, -0.15) is 4.31 Å². The Hall–Kier alpha value is -2.38. The molecule has 0 heterocycles. The molecule has 180 valence electrons. The molecule has 5 nitrogen and oxygen atoms in total. The number of aryl methyl sites for hydroxylation is 1. The van der Waals surface area contributed by atoms with Crippen LogP contribution in [0.1, 0.15) is 24.5 Å². The lowest BCUT2D eigenvalue weighted by Crippen LogP contribution is -2.44. The van der Waals surface area contributed by atoms with Crippen LogP contribution in [0.3, 0.4) is 0 Å². The van der Waals surface area contributed by atoms with Crippen LogP contribution in [0.25, 0.3) is 0 Å². The fourth-order valence-electron chi connectivity index (χ4n) is 3.58. The second kappa shape index (κ2) is 12.4. The van der Waals surface area contributed by atoms with Gasteiger partial charge < -0.3 is 5.32 Å². The first-order valence-electron chi connectivity index (χ1n) is 11.1. The van der Waals surface area contributed by atoms with Crippen molar-refractivity contribution in [2.24, 2.45) is 0 Å². The van der Waals surface area contributed by atoms with Crippen LogP contribution in [0.5, 0.6) is 0 Å². The zero-order chi connectivity index (χ0) is 24.6. The van der Waals surface area contributed by atoms with E-state index in [0.717, 1.165) is 22.7 Å². The molecule has 1 N–H and O–H groups in total. The molecule has 0 saturated carbocycles. The molecule has 0 spiro atoms. The summed E-state index contributed by atoms with van der Waals surface area (Å²) in [6.45, 7) is 1.73. The van der Waals surface area contributed by atoms with E-state index in [1.165, 1.54) is 23.8 Å². The molecule has 0 aromatic heterocycles. The van der Waals surface area contributed by atoms with Gasteiger partial charge in [-0.25, -0.2) is 8.42 Å². The normalized spacial score (nSPS) is 12.5. The zero-order valence-electron chi connectivity index (χ0n) is 19.0. The SMILES string of the molecule is C[C@H](CCc1ccccc1)NC(=O)CN(CCc1ccccc1)S(=O)(=O)c1cc(Cl)ccc1Cl. The van der Waals surface area contributed by atoms with Crippen LogP contribution >= 0.6 is 23.2 Å². The minimum Gasteiger partial charge on any atom is -0.352 e. The van der Waals surface area contributed by atoms with Crippen molar-refractivity contribution >= 4 is 39.1 Å². The number of carbonyl (C=O) groups is 1. The molecule has 0 aliphatic carbocycles. The quantitative estimate of drug-likeness (QED) is 0.371. The van der Waals surface area contributed by atoms with Gasteiger partial charge in [0, 0.05) is 17.6 Å². The van der Waals surface area contributed by atoms with Crippen molar-refractivity contribution in [2.45, 2.75) is 37.1 Å². The van der Waals surface area contributed by atoms with E-state index in [4.69, 9.17) is 23.2 Å². The molecule has 0 unspecified atom stereocenters. The molecule has 0 aliphatic rings. The Kier molecular flexibility index (Phi) is 9.54. The van der Waals surface area contributed by atoms with Crippen molar-refractivity contribution < 1.29 is 13.2 Å². The maximum Gasteiger partial charge on any atom is 0.245 e. The van der Waals surface area contributed by atoms with Crippen molar-refractivity contribution in [1.82, 2.24) is 9.62 Å². The summed E-state index contributed by atoms with van der Waals surface area (Å²) in [5.41, 5.74) is 2.16. The molecule has 3 aromatic carbocycles.